The zero-order chi connectivity index (χ0) is 13.3. The molecule has 0 N–H and O–H groups in total. The van der Waals surface area contributed by atoms with E-state index in [0.29, 0.717) is 15.7 Å². The lowest BCUT2D eigenvalue weighted by Gasteiger charge is -2.34. The van der Waals surface area contributed by atoms with Gasteiger partial charge >= 0.3 is 0 Å². The molecule has 1 aromatic rings. The smallest absolute Gasteiger partial charge is 0.272 e. The van der Waals surface area contributed by atoms with Crippen LogP contribution >= 0.6 is 23.2 Å². The number of hydrogen-bond donors (Lipinski definition) is 0. The molecule has 0 aliphatic carbocycles. The molecular formula is C11H13Cl2N3O2. The van der Waals surface area contributed by atoms with Gasteiger partial charge in [0.1, 0.15) is 0 Å². The van der Waals surface area contributed by atoms with E-state index in [1.54, 1.807) is 0 Å². The van der Waals surface area contributed by atoms with Crippen molar-refractivity contribution in [3.8, 4) is 0 Å². The number of anilines is 1. The number of nitro benzene ring substituents is 1. The minimum atomic E-state index is -0.495. The SMILES string of the molecule is CN1CCN(c2c(Cl)cc([N+](=O)[O-])cc2Cl)CC1. The highest BCUT2D eigenvalue weighted by atomic mass is 35.5. The number of nitro groups is 1. The summed E-state index contributed by atoms with van der Waals surface area (Å²) in [4.78, 5) is 14.5. The lowest BCUT2D eigenvalue weighted by molar-refractivity contribution is -0.384. The van der Waals surface area contributed by atoms with Gasteiger partial charge in [0.2, 0.25) is 0 Å². The fraction of sp³-hybridized carbons (Fsp3) is 0.455. The van der Waals surface area contributed by atoms with Gasteiger partial charge in [-0.15, -0.1) is 0 Å². The summed E-state index contributed by atoms with van der Waals surface area (Å²) in [5.74, 6) is 0. The third-order valence-corrected chi connectivity index (χ3v) is 3.61. The highest BCUT2D eigenvalue weighted by Gasteiger charge is 2.22. The Labute approximate surface area is 115 Å². The van der Waals surface area contributed by atoms with Crippen LogP contribution in [0.5, 0.6) is 0 Å². The average Bonchev–Trinajstić information content (AvgIpc) is 2.30. The van der Waals surface area contributed by atoms with E-state index in [1.807, 2.05) is 0 Å². The first-order valence-electron chi connectivity index (χ1n) is 5.56. The molecule has 1 fully saturated rings. The number of piperazine rings is 1. The predicted octanol–water partition coefficient (Wildman–Crippen LogP) is 2.65. The molecule has 1 saturated heterocycles. The Balaban J connectivity index is 2.31. The summed E-state index contributed by atoms with van der Waals surface area (Å²) in [7, 11) is 2.05. The number of hydrogen-bond acceptors (Lipinski definition) is 4. The van der Waals surface area contributed by atoms with E-state index in [0.717, 1.165) is 26.2 Å². The van der Waals surface area contributed by atoms with Gasteiger partial charge in [-0.1, -0.05) is 23.2 Å². The molecule has 1 aromatic carbocycles. The summed E-state index contributed by atoms with van der Waals surface area (Å²) >= 11 is 12.2. The fourth-order valence-corrected chi connectivity index (χ4v) is 2.70. The monoisotopic (exact) mass is 289 g/mol. The minimum absolute atomic E-state index is 0.0807. The second-order valence-electron chi connectivity index (χ2n) is 4.31. The molecule has 0 aromatic heterocycles. The molecule has 1 heterocycles. The van der Waals surface area contributed by atoms with Gasteiger partial charge in [0.15, 0.2) is 0 Å². The molecular weight excluding hydrogens is 277 g/mol. The van der Waals surface area contributed by atoms with Crippen LogP contribution in [0.3, 0.4) is 0 Å². The Bertz CT molecular complexity index is 450. The second kappa shape index (κ2) is 5.30. The molecule has 1 aliphatic rings. The molecule has 0 bridgehead atoms. The Kier molecular flexibility index (Phi) is 3.94. The van der Waals surface area contributed by atoms with Crippen LogP contribution in [-0.4, -0.2) is 43.0 Å². The van der Waals surface area contributed by atoms with E-state index in [2.05, 4.69) is 16.8 Å². The van der Waals surface area contributed by atoms with E-state index in [1.165, 1.54) is 12.1 Å². The number of likely N-dealkylation sites (N-methyl/N-ethyl adjacent to an activating group) is 1. The Morgan fingerprint density at radius 2 is 1.67 bits per heavy atom. The van der Waals surface area contributed by atoms with Crippen LogP contribution in [0, 0.1) is 10.1 Å². The van der Waals surface area contributed by atoms with Gasteiger partial charge in [0.25, 0.3) is 5.69 Å². The molecule has 0 atom stereocenters. The third kappa shape index (κ3) is 2.68. The molecule has 18 heavy (non-hydrogen) atoms. The molecule has 0 spiro atoms. The Morgan fingerprint density at radius 1 is 1.17 bits per heavy atom. The molecule has 0 saturated carbocycles. The van der Waals surface area contributed by atoms with Crippen LogP contribution in [0.2, 0.25) is 10.0 Å². The van der Waals surface area contributed by atoms with E-state index < -0.39 is 4.92 Å². The van der Waals surface area contributed by atoms with Crippen molar-refractivity contribution >= 4 is 34.6 Å². The predicted molar refractivity (Wildman–Crippen MR) is 72.8 cm³/mol. The number of rotatable bonds is 2. The van der Waals surface area contributed by atoms with Crippen molar-refractivity contribution in [2.45, 2.75) is 0 Å². The fourth-order valence-electron chi connectivity index (χ4n) is 1.99. The molecule has 0 unspecified atom stereocenters. The maximum atomic E-state index is 10.7. The van der Waals surface area contributed by atoms with Crippen LogP contribution < -0.4 is 4.90 Å². The van der Waals surface area contributed by atoms with Gasteiger partial charge in [-0.3, -0.25) is 10.1 Å². The van der Waals surface area contributed by atoms with Gasteiger partial charge < -0.3 is 9.80 Å². The largest absolute Gasteiger partial charge is 0.367 e. The zero-order valence-corrected chi connectivity index (χ0v) is 11.4. The zero-order valence-electron chi connectivity index (χ0n) is 9.90. The molecule has 0 amide bonds. The lowest BCUT2D eigenvalue weighted by atomic mass is 10.2. The number of nitrogens with zero attached hydrogens (tertiary/aromatic N) is 3. The van der Waals surface area contributed by atoms with E-state index in [4.69, 9.17) is 23.2 Å². The van der Waals surface area contributed by atoms with Crippen LogP contribution in [0.25, 0.3) is 0 Å². The first kappa shape index (κ1) is 13.4. The standard InChI is InChI=1S/C11H13Cl2N3O2/c1-14-2-4-15(5-3-14)11-9(12)6-8(16(17)18)7-10(11)13/h6-7H,2-5H2,1H3. The van der Waals surface area contributed by atoms with Crippen LogP contribution in [0.1, 0.15) is 0 Å². The van der Waals surface area contributed by atoms with Crippen molar-refractivity contribution in [2.24, 2.45) is 0 Å². The molecule has 98 valence electrons. The van der Waals surface area contributed by atoms with E-state index >= 15 is 0 Å². The van der Waals surface area contributed by atoms with Gasteiger partial charge in [-0.2, -0.15) is 0 Å². The van der Waals surface area contributed by atoms with Crippen LogP contribution in [0.4, 0.5) is 11.4 Å². The van der Waals surface area contributed by atoms with E-state index in [-0.39, 0.29) is 5.69 Å². The van der Waals surface area contributed by atoms with Crippen LogP contribution in [-0.2, 0) is 0 Å². The Morgan fingerprint density at radius 3 is 2.11 bits per heavy atom. The van der Waals surface area contributed by atoms with E-state index in [9.17, 15) is 10.1 Å². The number of halogens is 2. The van der Waals surface area contributed by atoms with Gasteiger partial charge in [-0.25, -0.2) is 0 Å². The van der Waals surface area contributed by atoms with Crippen molar-refractivity contribution in [3.05, 3.63) is 32.3 Å². The minimum Gasteiger partial charge on any atom is -0.367 e. The average molecular weight is 290 g/mol. The lowest BCUT2D eigenvalue weighted by Crippen LogP contribution is -2.44. The van der Waals surface area contributed by atoms with Crippen LogP contribution in [0.15, 0.2) is 12.1 Å². The topological polar surface area (TPSA) is 49.6 Å². The summed E-state index contributed by atoms with van der Waals surface area (Å²) in [6.07, 6.45) is 0. The van der Waals surface area contributed by atoms with Crippen molar-refractivity contribution < 1.29 is 4.92 Å². The van der Waals surface area contributed by atoms with Gasteiger partial charge in [-0.05, 0) is 7.05 Å². The molecule has 7 heteroatoms. The number of benzene rings is 1. The second-order valence-corrected chi connectivity index (χ2v) is 5.12. The quantitative estimate of drug-likeness (QED) is 0.620. The van der Waals surface area contributed by atoms with Gasteiger partial charge in [0, 0.05) is 38.3 Å². The molecule has 5 nitrogen and oxygen atoms in total. The highest BCUT2D eigenvalue weighted by molar-refractivity contribution is 6.39. The van der Waals surface area contributed by atoms with Crippen molar-refractivity contribution in [2.75, 3.05) is 38.1 Å². The molecule has 0 radical (unpaired) electrons. The van der Waals surface area contributed by atoms with Crippen molar-refractivity contribution in [1.29, 1.82) is 0 Å². The van der Waals surface area contributed by atoms with Crippen molar-refractivity contribution in [1.82, 2.24) is 4.90 Å². The maximum absolute atomic E-state index is 10.7. The third-order valence-electron chi connectivity index (χ3n) is 3.03. The summed E-state index contributed by atoms with van der Waals surface area (Å²) in [6.45, 7) is 3.47. The summed E-state index contributed by atoms with van der Waals surface area (Å²) < 4.78 is 0. The molecule has 1 aliphatic heterocycles. The van der Waals surface area contributed by atoms with Gasteiger partial charge in [0.05, 0.1) is 20.7 Å². The highest BCUT2D eigenvalue weighted by Crippen LogP contribution is 2.37. The normalized spacial score (nSPS) is 16.9. The maximum Gasteiger partial charge on any atom is 0.272 e. The van der Waals surface area contributed by atoms with Crippen molar-refractivity contribution in [3.63, 3.8) is 0 Å². The summed E-state index contributed by atoms with van der Waals surface area (Å²) in [5, 5.41) is 11.4. The summed E-state index contributed by atoms with van der Waals surface area (Å²) in [5.41, 5.74) is 0.611. The number of non-ortho nitro benzene ring substituents is 1. The Hall–Kier alpha value is -1.04. The first-order valence-corrected chi connectivity index (χ1v) is 6.31. The molecule has 2 rings (SSSR count). The summed E-state index contributed by atoms with van der Waals surface area (Å²) in [6, 6.07) is 2.70. The first-order chi connectivity index (χ1) is 8.49.